The summed E-state index contributed by atoms with van der Waals surface area (Å²) in [4.78, 5) is 12.4. The van der Waals surface area contributed by atoms with E-state index in [0.29, 0.717) is 16.2 Å². The summed E-state index contributed by atoms with van der Waals surface area (Å²) in [5.41, 5.74) is 6.55. The summed E-state index contributed by atoms with van der Waals surface area (Å²) in [5, 5.41) is 0.569. The van der Waals surface area contributed by atoms with E-state index in [1.165, 1.54) is 22.7 Å². The quantitative estimate of drug-likeness (QED) is 0.147. The predicted molar refractivity (Wildman–Crippen MR) is 103 cm³/mol. The molecular weight excluding hydrogens is 491 g/mol. The molecule has 0 radical (unpaired) electrons. The van der Waals surface area contributed by atoms with E-state index in [0.717, 1.165) is 12.2 Å². The lowest BCUT2D eigenvalue weighted by Gasteiger charge is -2.20. The number of rotatable bonds is 12. The van der Waals surface area contributed by atoms with Gasteiger partial charge in [0.05, 0.1) is 12.9 Å². The molecule has 0 fully saturated rings. The number of halogens is 6. The molecule has 0 aliphatic heterocycles. The van der Waals surface area contributed by atoms with Crippen LogP contribution >= 0.6 is 19.4 Å². The van der Waals surface area contributed by atoms with Crippen molar-refractivity contribution < 1.29 is 44.7 Å². The zero-order valence-corrected chi connectivity index (χ0v) is 18.4. The number of thioether (sulfide) groups is 1. The SMILES string of the molecule is CCCSc1nc(N)nc2c1ncn2CCOCP(=O)(OCC(F)(F)F)OCC(F)(F)F. The van der Waals surface area contributed by atoms with Gasteiger partial charge in [0.2, 0.25) is 5.95 Å². The van der Waals surface area contributed by atoms with Crippen LogP contribution in [0.15, 0.2) is 11.4 Å². The highest BCUT2D eigenvalue weighted by molar-refractivity contribution is 7.99. The van der Waals surface area contributed by atoms with E-state index in [1.54, 1.807) is 0 Å². The molecule has 0 bridgehead atoms. The van der Waals surface area contributed by atoms with Gasteiger partial charge in [-0.1, -0.05) is 6.92 Å². The number of imidazole rings is 1. The van der Waals surface area contributed by atoms with Gasteiger partial charge in [0, 0.05) is 6.54 Å². The summed E-state index contributed by atoms with van der Waals surface area (Å²) in [6, 6.07) is 0. The normalized spacial score (nSPS) is 13.2. The van der Waals surface area contributed by atoms with Crippen LogP contribution < -0.4 is 5.73 Å². The second kappa shape index (κ2) is 11.0. The third-order valence-electron chi connectivity index (χ3n) is 3.47. The van der Waals surface area contributed by atoms with Crippen LogP contribution in [0.5, 0.6) is 0 Å². The third-order valence-corrected chi connectivity index (χ3v) is 6.18. The van der Waals surface area contributed by atoms with Gasteiger partial charge in [-0.2, -0.15) is 31.3 Å². The average Bonchev–Trinajstić information content (AvgIpc) is 3.08. The summed E-state index contributed by atoms with van der Waals surface area (Å²) in [6.45, 7) is -2.34. The van der Waals surface area contributed by atoms with Gasteiger partial charge in [0.1, 0.15) is 16.9 Å². The zero-order chi connectivity index (χ0) is 24.0. The number of anilines is 1. The van der Waals surface area contributed by atoms with E-state index >= 15 is 0 Å². The van der Waals surface area contributed by atoms with Crippen molar-refractivity contribution in [3.63, 3.8) is 0 Å². The smallest absolute Gasteiger partial charge is 0.368 e. The molecule has 2 aromatic rings. The van der Waals surface area contributed by atoms with Gasteiger partial charge in [-0.05, 0) is 12.2 Å². The van der Waals surface area contributed by atoms with Crippen LogP contribution in [0.25, 0.3) is 11.2 Å². The van der Waals surface area contributed by atoms with Crippen molar-refractivity contribution in [2.45, 2.75) is 37.3 Å². The first-order chi connectivity index (χ1) is 14.8. The van der Waals surface area contributed by atoms with Crippen molar-refractivity contribution in [2.75, 3.05) is 37.7 Å². The number of ether oxygens (including phenoxy) is 1. The Labute approximate surface area is 182 Å². The molecule has 2 heterocycles. The highest BCUT2D eigenvalue weighted by Crippen LogP contribution is 2.50. The molecule has 2 aromatic heterocycles. The Morgan fingerprint density at radius 1 is 1.12 bits per heavy atom. The molecule has 0 saturated heterocycles. The molecule has 0 unspecified atom stereocenters. The van der Waals surface area contributed by atoms with Crippen molar-refractivity contribution in [2.24, 2.45) is 0 Å². The highest BCUT2D eigenvalue weighted by atomic mass is 32.2. The number of nitrogens with two attached hydrogens (primary N) is 1. The van der Waals surface area contributed by atoms with Crippen LogP contribution in [0.1, 0.15) is 13.3 Å². The monoisotopic (exact) mass is 511 g/mol. The molecule has 2 rings (SSSR count). The summed E-state index contributed by atoms with van der Waals surface area (Å²) in [7, 11) is -4.83. The number of alkyl halides is 6. The minimum atomic E-state index is -4.92. The maximum atomic E-state index is 12.3. The highest BCUT2D eigenvalue weighted by Gasteiger charge is 2.38. The standard InChI is InChI=1S/C15H20F6N5O4PS/c1-2-5-32-12-10-11(24-13(22)25-12)26(8-23-10)3-4-28-9-31(27,29-6-14(16,17)18)30-7-15(19,20)21/h8H,2-7,9H2,1H3,(H2,22,24,25). The number of nitrogens with zero attached hydrogens (tertiary/aromatic N) is 4. The minimum absolute atomic E-state index is 0.00405. The summed E-state index contributed by atoms with van der Waals surface area (Å²) < 4.78 is 101. The Hall–Kier alpha value is -1.61. The molecule has 32 heavy (non-hydrogen) atoms. The van der Waals surface area contributed by atoms with Crippen LogP contribution in [-0.4, -0.2) is 63.8 Å². The predicted octanol–water partition coefficient (Wildman–Crippen LogP) is 4.24. The van der Waals surface area contributed by atoms with E-state index in [2.05, 4.69) is 24.0 Å². The van der Waals surface area contributed by atoms with Crippen molar-refractivity contribution in [3.8, 4) is 0 Å². The molecule has 0 aromatic carbocycles. The lowest BCUT2D eigenvalue weighted by atomic mass is 10.5. The van der Waals surface area contributed by atoms with E-state index in [9.17, 15) is 30.9 Å². The maximum absolute atomic E-state index is 12.3. The molecule has 9 nitrogen and oxygen atoms in total. The van der Waals surface area contributed by atoms with Crippen molar-refractivity contribution in [3.05, 3.63) is 6.33 Å². The molecule has 0 aliphatic rings. The third kappa shape index (κ3) is 8.73. The molecule has 0 aliphatic carbocycles. The minimum Gasteiger partial charge on any atom is -0.368 e. The van der Waals surface area contributed by atoms with E-state index in [1.807, 2.05) is 6.92 Å². The number of fused-ring (bicyclic) bond motifs is 1. The fourth-order valence-corrected chi connectivity index (χ4v) is 4.29. The second-order valence-corrected chi connectivity index (χ2v) is 9.35. The summed E-state index contributed by atoms with van der Waals surface area (Å²) in [5.74, 6) is 0.775. The van der Waals surface area contributed by atoms with Gasteiger partial charge >= 0.3 is 19.9 Å². The molecule has 2 N–H and O–H groups in total. The lowest BCUT2D eigenvalue weighted by Crippen LogP contribution is -2.21. The molecule has 0 atom stereocenters. The largest absolute Gasteiger partial charge is 0.412 e. The Kier molecular flexibility index (Phi) is 9.16. The first kappa shape index (κ1) is 26.6. The van der Waals surface area contributed by atoms with Crippen LogP contribution in [0.2, 0.25) is 0 Å². The maximum Gasteiger partial charge on any atom is 0.412 e. The van der Waals surface area contributed by atoms with E-state index in [4.69, 9.17) is 10.5 Å². The Balaban J connectivity index is 2.01. The molecule has 0 spiro atoms. The Morgan fingerprint density at radius 2 is 1.75 bits per heavy atom. The topological polar surface area (TPSA) is 114 Å². The van der Waals surface area contributed by atoms with Crippen molar-refractivity contribution in [1.29, 1.82) is 0 Å². The van der Waals surface area contributed by atoms with Crippen molar-refractivity contribution >= 4 is 36.5 Å². The van der Waals surface area contributed by atoms with Crippen LogP contribution in [0.4, 0.5) is 32.3 Å². The lowest BCUT2D eigenvalue weighted by molar-refractivity contribution is -0.166. The molecular formula is C15H20F6N5O4PS. The second-order valence-electron chi connectivity index (χ2n) is 6.27. The summed E-state index contributed by atoms with van der Waals surface area (Å²) >= 11 is 1.43. The number of hydrogen-bond donors (Lipinski definition) is 1. The van der Waals surface area contributed by atoms with Crippen LogP contribution in [-0.2, 0) is 24.9 Å². The van der Waals surface area contributed by atoms with Gasteiger partial charge in [-0.15, -0.1) is 11.8 Å². The average molecular weight is 511 g/mol. The van der Waals surface area contributed by atoms with E-state index in [-0.39, 0.29) is 19.1 Å². The molecule has 0 saturated carbocycles. The summed E-state index contributed by atoms with van der Waals surface area (Å²) in [6.07, 6.45) is -8.66. The molecule has 17 heteroatoms. The first-order valence-corrected chi connectivity index (χ1v) is 11.7. The van der Waals surface area contributed by atoms with Crippen LogP contribution in [0, 0.1) is 0 Å². The fourth-order valence-electron chi connectivity index (χ4n) is 2.19. The van der Waals surface area contributed by atoms with Gasteiger partial charge in [0.25, 0.3) is 0 Å². The number of aromatic nitrogens is 4. The Morgan fingerprint density at radius 3 is 2.31 bits per heavy atom. The fraction of sp³-hybridized carbons (Fsp3) is 0.667. The van der Waals surface area contributed by atoms with Gasteiger partial charge in [-0.25, -0.2) is 9.97 Å². The number of nitrogen functional groups attached to an aromatic ring is 1. The first-order valence-electron chi connectivity index (χ1n) is 9.02. The molecule has 0 amide bonds. The zero-order valence-electron chi connectivity index (χ0n) is 16.6. The molecule has 182 valence electrons. The number of hydrogen-bond acceptors (Lipinski definition) is 9. The Bertz CT molecular complexity index is 919. The van der Waals surface area contributed by atoms with Gasteiger partial charge < -0.3 is 15.0 Å². The van der Waals surface area contributed by atoms with Gasteiger partial charge in [-0.3, -0.25) is 13.6 Å². The van der Waals surface area contributed by atoms with Crippen LogP contribution in [0.3, 0.4) is 0 Å². The van der Waals surface area contributed by atoms with E-state index < -0.39 is 39.5 Å². The van der Waals surface area contributed by atoms with Crippen molar-refractivity contribution in [1.82, 2.24) is 19.5 Å². The van der Waals surface area contributed by atoms with Gasteiger partial charge in [0.15, 0.2) is 18.9 Å².